The molecule has 28 heavy (non-hydrogen) atoms. The van der Waals surface area contributed by atoms with Crippen molar-refractivity contribution >= 4 is 27.3 Å². The molecular weight excluding hydrogens is 374 g/mol. The highest BCUT2D eigenvalue weighted by atomic mass is 32.2. The zero-order valence-corrected chi connectivity index (χ0v) is 17.1. The third-order valence-corrected chi connectivity index (χ3v) is 6.33. The van der Waals surface area contributed by atoms with Gasteiger partial charge in [-0.25, -0.2) is 13.1 Å². The highest BCUT2D eigenvalue weighted by molar-refractivity contribution is 7.89. The lowest BCUT2D eigenvalue weighted by molar-refractivity contribution is -0.114. The second-order valence-corrected chi connectivity index (χ2v) is 9.16. The van der Waals surface area contributed by atoms with E-state index in [9.17, 15) is 13.2 Å². The lowest BCUT2D eigenvalue weighted by atomic mass is 9.99. The van der Waals surface area contributed by atoms with Crippen LogP contribution in [0.3, 0.4) is 0 Å². The Morgan fingerprint density at radius 3 is 2.39 bits per heavy atom. The summed E-state index contributed by atoms with van der Waals surface area (Å²) in [4.78, 5) is 13.6. The van der Waals surface area contributed by atoms with Gasteiger partial charge < -0.3 is 10.2 Å². The zero-order valence-electron chi connectivity index (χ0n) is 16.3. The summed E-state index contributed by atoms with van der Waals surface area (Å²) >= 11 is 0. The number of carbonyl (C=O) groups excluding carboxylic acids is 1. The van der Waals surface area contributed by atoms with E-state index in [4.69, 9.17) is 0 Å². The number of piperidine rings is 1. The molecule has 1 aliphatic rings. The van der Waals surface area contributed by atoms with Gasteiger partial charge in [0.05, 0.1) is 4.90 Å². The van der Waals surface area contributed by atoms with Gasteiger partial charge in [-0.2, -0.15) is 0 Å². The van der Waals surface area contributed by atoms with Crippen molar-refractivity contribution in [3.63, 3.8) is 0 Å². The summed E-state index contributed by atoms with van der Waals surface area (Å²) in [5, 5.41) is 2.62. The van der Waals surface area contributed by atoms with Crippen LogP contribution in [0, 0.1) is 5.92 Å². The van der Waals surface area contributed by atoms with Gasteiger partial charge in [0.15, 0.2) is 0 Å². The highest BCUT2D eigenvalue weighted by Gasteiger charge is 2.17. The van der Waals surface area contributed by atoms with E-state index < -0.39 is 10.0 Å². The van der Waals surface area contributed by atoms with E-state index in [2.05, 4.69) is 34.0 Å². The summed E-state index contributed by atoms with van der Waals surface area (Å²) in [6.45, 7) is 6.05. The SMILES string of the molecule is CC(=O)Nc1ccc(S(=O)(=O)NCc2ccc(N3CCC[C@@H](C)C3)cc2)cc1. The van der Waals surface area contributed by atoms with Gasteiger partial charge in [-0.05, 0) is 60.7 Å². The quantitative estimate of drug-likeness (QED) is 0.778. The van der Waals surface area contributed by atoms with Crippen molar-refractivity contribution in [2.24, 2.45) is 5.92 Å². The van der Waals surface area contributed by atoms with Crippen molar-refractivity contribution < 1.29 is 13.2 Å². The molecule has 2 aromatic rings. The standard InChI is InChI=1S/C21H27N3O3S/c1-16-4-3-13-24(15-16)20-9-5-18(6-10-20)14-22-28(26,27)21-11-7-19(8-12-21)23-17(2)25/h5-12,16,22H,3-4,13-15H2,1-2H3,(H,23,25)/t16-/m1/s1. The van der Waals surface area contributed by atoms with Crippen LogP contribution in [0.2, 0.25) is 0 Å². The van der Waals surface area contributed by atoms with Crippen LogP contribution in [0.5, 0.6) is 0 Å². The van der Waals surface area contributed by atoms with Gasteiger partial charge in [0.25, 0.3) is 0 Å². The molecule has 0 aromatic heterocycles. The third kappa shape index (κ3) is 5.33. The maximum Gasteiger partial charge on any atom is 0.240 e. The van der Waals surface area contributed by atoms with E-state index in [1.807, 2.05) is 12.1 Å². The number of amides is 1. The maximum absolute atomic E-state index is 12.5. The summed E-state index contributed by atoms with van der Waals surface area (Å²) in [5.74, 6) is 0.508. The first kappa shape index (κ1) is 20.4. The number of hydrogen-bond acceptors (Lipinski definition) is 4. The fourth-order valence-corrected chi connectivity index (χ4v) is 4.45. The first-order valence-corrected chi connectivity index (χ1v) is 11.0. The van der Waals surface area contributed by atoms with E-state index in [0.717, 1.165) is 18.7 Å². The van der Waals surface area contributed by atoms with Crippen molar-refractivity contribution in [2.75, 3.05) is 23.3 Å². The van der Waals surface area contributed by atoms with Gasteiger partial charge in [-0.1, -0.05) is 19.1 Å². The second-order valence-electron chi connectivity index (χ2n) is 7.39. The minimum atomic E-state index is -3.61. The Balaban J connectivity index is 1.60. The first-order valence-electron chi connectivity index (χ1n) is 9.55. The third-order valence-electron chi connectivity index (χ3n) is 4.91. The Morgan fingerprint density at radius 2 is 1.79 bits per heavy atom. The Kier molecular flexibility index (Phi) is 6.36. The molecule has 150 valence electrons. The molecule has 1 heterocycles. The van der Waals surface area contributed by atoms with E-state index >= 15 is 0 Å². The van der Waals surface area contributed by atoms with Crippen molar-refractivity contribution in [2.45, 2.75) is 38.1 Å². The average molecular weight is 402 g/mol. The number of sulfonamides is 1. The lowest BCUT2D eigenvalue weighted by Gasteiger charge is -2.32. The summed E-state index contributed by atoms with van der Waals surface area (Å²) in [5.41, 5.74) is 2.66. The summed E-state index contributed by atoms with van der Waals surface area (Å²) in [6, 6.07) is 14.2. The molecule has 0 radical (unpaired) electrons. The van der Waals surface area contributed by atoms with E-state index in [1.54, 1.807) is 12.1 Å². The first-order chi connectivity index (χ1) is 13.3. The minimum Gasteiger partial charge on any atom is -0.371 e. The molecule has 2 aromatic carbocycles. The van der Waals surface area contributed by atoms with Crippen molar-refractivity contribution in [1.29, 1.82) is 0 Å². The summed E-state index contributed by atoms with van der Waals surface area (Å²) in [7, 11) is -3.61. The average Bonchev–Trinajstić information content (AvgIpc) is 2.67. The Labute approximate surface area is 167 Å². The van der Waals surface area contributed by atoms with Crippen LogP contribution in [0.25, 0.3) is 0 Å². The molecule has 2 N–H and O–H groups in total. The van der Waals surface area contributed by atoms with Gasteiger partial charge in [0.2, 0.25) is 15.9 Å². The number of carbonyl (C=O) groups is 1. The van der Waals surface area contributed by atoms with E-state index in [-0.39, 0.29) is 17.3 Å². The molecule has 1 atom stereocenters. The topological polar surface area (TPSA) is 78.5 Å². The molecule has 1 saturated heterocycles. The largest absolute Gasteiger partial charge is 0.371 e. The van der Waals surface area contributed by atoms with Crippen LogP contribution in [-0.4, -0.2) is 27.4 Å². The smallest absolute Gasteiger partial charge is 0.240 e. The molecule has 0 unspecified atom stereocenters. The van der Waals surface area contributed by atoms with Crippen LogP contribution in [0.4, 0.5) is 11.4 Å². The molecule has 0 bridgehead atoms. The predicted molar refractivity (Wildman–Crippen MR) is 112 cm³/mol. The maximum atomic E-state index is 12.5. The molecule has 0 saturated carbocycles. The van der Waals surface area contributed by atoms with Gasteiger partial charge in [0, 0.05) is 37.9 Å². The molecule has 0 spiro atoms. The molecule has 1 fully saturated rings. The molecule has 3 rings (SSSR count). The van der Waals surface area contributed by atoms with Crippen LogP contribution in [0.1, 0.15) is 32.3 Å². The molecule has 1 amide bonds. The number of nitrogens with one attached hydrogen (secondary N) is 2. The minimum absolute atomic E-state index is 0.167. The molecule has 0 aliphatic carbocycles. The van der Waals surface area contributed by atoms with Gasteiger partial charge in [-0.15, -0.1) is 0 Å². The predicted octanol–water partition coefficient (Wildman–Crippen LogP) is 3.36. The molecule has 6 nitrogen and oxygen atoms in total. The molecular formula is C21H27N3O3S. The highest BCUT2D eigenvalue weighted by Crippen LogP contribution is 2.23. The Hall–Kier alpha value is -2.38. The van der Waals surface area contributed by atoms with Crippen LogP contribution in [-0.2, 0) is 21.4 Å². The second kappa shape index (κ2) is 8.75. The fraction of sp³-hybridized carbons (Fsp3) is 0.381. The normalized spacial score (nSPS) is 17.4. The van der Waals surface area contributed by atoms with E-state index in [1.165, 1.54) is 37.6 Å². The number of anilines is 2. The van der Waals surface area contributed by atoms with Crippen molar-refractivity contribution in [3.05, 3.63) is 54.1 Å². The Morgan fingerprint density at radius 1 is 1.11 bits per heavy atom. The zero-order chi connectivity index (χ0) is 20.1. The number of benzene rings is 2. The Bertz CT molecular complexity index is 909. The van der Waals surface area contributed by atoms with Gasteiger partial charge in [0.1, 0.15) is 0 Å². The van der Waals surface area contributed by atoms with Crippen LogP contribution >= 0.6 is 0 Å². The molecule has 1 aliphatic heterocycles. The van der Waals surface area contributed by atoms with Gasteiger partial charge >= 0.3 is 0 Å². The number of nitrogens with zero attached hydrogens (tertiary/aromatic N) is 1. The summed E-state index contributed by atoms with van der Waals surface area (Å²) < 4.78 is 27.6. The van der Waals surface area contributed by atoms with Crippen LogP contribution in [0.15, 0.2) is 53.4 Å². The summed E-state index contributed by atoms with van der Waals surface area (Å²) in [6.07, 6.45) is 2.49. The molecule has 7 heteroatoms. The lowest BCUT2D eigenvalue weighted by Crippen LogP contribution is -2.34. The van der Waals surface area contributed by atoms with E-state index in [0.29, 0.717) is 11.6 Å². The van der Waals surface area contributed by atoms with Crippen molar-refractivity contribution in [1.82, 2.24) is 4.72 Å². The van der Waals surface area contributed by atoms with Crippen LogP contribution < -0.4 is 14.9 Å². The fourth-order valence-electron chi connectivity index (χ4n) is 3.43. The number of rotatable bonds is 6. The van der Waals surface area contributed by atoms with Gasteiger partial charge in [-0.3, -0.25) is 4.79 Å². The number of hydrogen-bond donors (Lipinski definition) is 2. The monoisotopic (exact) mass is 401 g/mol. The van der Waals surface area contributed by atoms with Crippen molar-refractivity contribution in [3.8, 4) is 0 Å².